The van der Waals surface area contributed by atoms with E-state index in [9.17, 15) is 27.6 Å². The molecule has 2 aromatic carbocycles. The number of carbonyl (C=O) groups is 3. The molecule has 0 aliphatic carbocycles. The van der Waals surface area contributed by atoms with Crippen LogP contribution in [0.4, 0.5) is 13.2 Å². The van der Waals surface area contributed by atoms with E-state index in [4.69, 9.17) is 16.3 Å². The van der Waals surface area contributed by atoms with Crippen molar-refractivity contribution in [3.8, 4) is 0 Å². The maximum atomic E-state index is 13.4. The second-order valence-corrected chi connectivity index (χ2v) is 9.83. The minimum Gasteiger partial charge on any atom is -0.385 e. The van der Waals surface area contributed by atoms with Crippen LogP contribution in [0.15, 0.2) is 53.6 Å². The lowest BCUT2D eigenvalue weighted by molar-refractivity contribution is -0.139. The predicted octanol–water partition coefficient (Wildman–Crippen LogP) is 4.82. The van der Waals surface area contributed by atoms with Crippen LogP contribution < -0.4 is 5.32 Å². The summed E-state index contributed by atoms with van der Waals surface area (Å²) < 4.78 is 45.2. The number of benzene rings is 2. The van der Waals surface area contributed by atoms with Gasteiger partial charge in [0, 0.05) is 38.2 Å². The van der Waals surface area contributed by atoms with Gasteiger partial charge in [0.25, 0.3) is 0 Å². The quantitative estimate of drug-likeness (QED) is 0.234. The number of nitrogens with one attached hydrogen (secondary N) is 1. The monoisotopic (exact) mass is 580 g/mol. The Bertz CT molecular complexity index is 1210. The second kappa shape index (κ2) is 14.3. The summed E-state index contributed by atoms with van der Waals surface area (Å²) in [5.41, 5.74) is 0.174. The van der Waals surface area contributed by atoms with Crippen molar-refractivity contribution in [3.63, 3.8) is 0 Å². The molecule has 0 spiro atoms. The van der Waals surface area contributed by atoms with Gasteiger partial charge in [0.05, 0.1) is 11.3 Å². The van der Waals surface area contributed by atoms with Gasteiger partial charge in [0.2, 0.25) is 17.7 Å². The average molecular weight is 581 g/mol. The second-order valence-electron chi connectivity index (χ2n) is 9.40. The number of hydrogen-bond donors (Lipinski definition) is 1. The third-order valence-electron chi connectivity index (χ3n) is 6.37. The Morgan fingerprint density at radius 3 is 2.42 bits per heavy atom. The molecule has 1 heterocycles. The van der Waals surface area contributed by atoms with E-state index in [1.165, 1.54) is 24.1 Å². The number of carbonyl (C=O) groups excluding carboxylic acids is 3. The van der Waals surface area contributed by atoms with Crippen LogP contribution in [0.5, 0.6) is 0 Å². The number of hydrazone groups is 1. The number of nitrogens with zero attached hydrogens (tertiary/aromatic N) is 3. The Kier molecular flexibility index (Phi) is 11.1. The Morgan fingerprint density at radius 2 is 1.80 bits per heavy atom. The molecule has 1 saturated heterocycles. The lowest BCUT2D eigenvalue weighted by Gasteiger charge is -2.26. The van der Waals surface area contributed by atoms with Crippen LogP contribution in [0.1, 0.15) is 55.3 Å². The molecule has 0 aromatic heterocycles. The van der Waals surface area contributed by atoms with Gasteiger partial charge in [-0.05, 0) is 61.6 Å². The van der Waals surface area contributed by atoms with Gasteiger partial charge in [-0.15, -0.1) is 0 Å². The molecule has 216 valence electrons. The zero-order valence-electron chi connectivity index (χ0n) is 22.3. The molecular formula is C28H32ClF3N4O4. The number of ether oxygens (including phenoxy) is 1. The molecule has 1 atom stereocenters. The van der Waals surface area contributed by atoms with Crippen LogP contribution in [-0.4, -0.2) is 66.7 Å². The molecule has 1 aliphatic rings. The maximum absolute atomic E-state index is 13.4. The molecule has 0 radical (unpaired) electrons. The van der Waals surface area contributed by atoms with Gasteiger partial charge in [0.1, 0.15) is 12.6 Å². The van der Waals surface area contributed by atoms with Crippen LogP contribution in [0, 0.1) is 0 Å². The van der Waals surface area contributed by atoms with Crippen LogP contribution >= 0.6 is 11.6 Å². The highest BCUT2D eigenvalue weighted by Crippen LogP contribution is 2.31. The number of alkyl halides is 3. The summed E-state index contributed by atoms with van der Waals surface area (Å²) in [6.07, 6.45) is -2.67. The number of halogens is 4. The normalized spacial score (nSPS) is 14.7. The molecule has 2 aromatic rings. The van der Waals surface area contributed by atoms with Crippen molar-refractivity contribution in [2.75, 3.05) is 33.4 Å². The first kappa shape index (κ1) is 31.1. The van der Waals surface area contributed by atoms with Crippen molar-refractivity contribution >= 4 is 35.0 Å². The lowest BCUT2D eigenvalue weighted by atomic mass is 10.0. The highest BCUT2D eigenvalue weighted by molar-refractivity contribution is 6.30. The molecular weight excluding hydrogens is 549 g/mol. The van der Waals surface area contributed by atoms with E-state index in [1.54, 1.807) is 31.2 Å². The van der Waals surface area contributed by atoms with E-state index < -0.39 is 42.0 Å². The molecule has 0 bridgehead atoms. The zero-order chi connectivity index (χ0) is 29.3. The Hall–Kier alpha value is -3.44. The van der Waals surface area contributed by atoms with Gasteiger partial charge in [0.15, 0.2) is 0 Å². The summed E-state index contributed by atoms with van der Waals surface area (Å²) in [5, 5.41) is 8.43. The average Bonchev–Trinajstić information content (AvgIpc) is 3.46. The number of likely N-dealkylation sites (tertiary alicyclic amines) is 1. The summed E-state index contributed by atoms with van der Waals surface area (Å²) >= 11 is 5.96. The van der Waals surface area contributed by atoms with Crippen molar-refractivity contribution in [1.29, 1.82) is 0 Å². The Morgan fingerprint density at radius 1 is 1.12 bits per heavy atom. The van der Waals surface area contributed by atoms with E-state index in [2.05, 4.69) is 10.4 Å². The van der Waals surface area contributed by atoms with Gasteiger partial charge in [-0.2, -0.15) is 18.3 Å². The molecule has 1 unspecified atom stereocenters. The van der Waals surface area contributed by atoms with Crippen molar-refractivity contribution in [3.05, 3.63) is 70.2 Å². The molecule has 3 rings (SSSR count). The first-order chi connectivity index (χ1) is 19.0. The lowest BCUT2D eigenvalue weighted by Crippen LogP contribution is -2.45. The fourth-order valence-corrected chi connectivity index (χ4v) is 4.38. The summed E-state index contributed by atoms with van der Waals surface area (Å²) in [5.74, 6) is -1.71. The first-order valence-corrected chi connectivity index (χ1v) is 13.2. The molecule has 0 saturated carbocycles. The molecule has 1 N–H and O–H groups in total. The van der Waals surface area contributed by atoms with Crippen molar-refractivity contribution < 1.29 is 32.3 Å². The first-order valence-electron chi connectivity index (χ1n) is 12.9. The molecule has 40 heavy (non-hydrogen) atoms. The van der Waals surface area contributed by atoms with Crippen molar-refractivity contribution in [2.45, 2.75) is 44.8 Å². The number of methoxy groups -OCH3 is 1. The SMILES string of the molecule is COCCCC(=O)N(CC(=O)NC(C(=O)N1CCCC1)c1cccc(C(F)(F)F)c1)/N=C(\C)c1ccc(Cl)cc1. The van der Waals surface area contributed by atoms with Gasteiger partial charge in [-0.1, -0.05) is 35.9 Å². The van der Waals surface area contributed by atoms with Crippen LogP contribution in [0.25, 0.3) is 0 Å². The molecule has 1 aliphatic heterocycles. The third kappa shape index (κ3) is 8.79. The molecule has 8 nitrogen and oxygen atoms in total. The van der Waals surface area contributed by atoms with E-state index in [0.29, 0.717) is 42.4 Å². The van der Waals surface area contributed by atoms with Crippen LogP contribution in [0.2, 0.25) is 5.02 Å². The van der Waals surface area contributed by atoms with Gasteiger partial charge < -0.3 is 15.0 Å². The summed E-state index contributed by atoms with van der Waals surface area (Å²) in [6, 6.07) is 9.71. The van der Waals surface area contributed by atoms with Gasteiger partial charge in [-0.3, -0.25) is 14.4 Å². The van der Waals surface area contributed by atoms with E-state index in [0.717, 1.165) is 30.0 Å². The third-order valence-corrected chi connectivity index (χ3v) is 6.62. The zero-order valence-corrected chi connectivity index (χ0v) is 23.1. The largest absolute Gasteiger partial charge is 0.416 e. The fourth-order valence-electron chi connectivity index (χ4n) is 4.25. The predicted molar refractivity (Wildman–Crippen MR) is 145 cm³/mol. The number of rotatable bonds is 11. The standard InChI is InChI=1S/C28H32ClF3N4O4/c1-19(20-10-12-23(29)13-11-20)34-36(25(38)9-6-16-40-2)18-24(37)33-26(27(39)35-14-3-4-15-35)21-7-5-8-22(17-21)28(30,31)32/h5,7-8,10-13,17,26H,3-4,6,9,14-16,18H2,1-2H3,(H,33,37)/b34-19+. The minimum atomic E-state index is -4.62. The van der Waals surface area contributed by atoms with Gasteiger partial charge in [-0.25, -0.2) is 5.01 Å². The summed E-state index contributed by atoms with van der Waals surface area (Å²) in [6.45, 7) is 2.34. The highest BCUT2D eigenvalue weighted by Gasteiger charge is 2.34. The van der Waals surface area contributed by atoms with Crippen LogP contribution in [0.3, 0.4) is 0 Å². The molecule has 1 fully saturated rings. The summed E-state index contributed by atoms with van der Waals surface area (Å²) in [7, 11) is 1.50. The van der Waals surface area contributed by atoms with Crippen molar-refractivity contribution in [1.82, 2.24) is 15.2 Å². The van der Waals surface area contributed by atoms with Crippen LogP contribution in [-0.2, 0) is 25.3 Å². The molecule has 12 heteroatoms. The number of hydrogen-bond acceptors (Lipinski definition) is 5. The minimum absolute atomic E-state index is 0.00103. The fraction of sp³-hybridized carbons (Fsp3) is 0.429. The topological polar surface area (TPSA) is 91.3 Å². The van der Waals surface area contributed by atoms with E-state index in [-0.39, 0.29) is 12.0 Å². The Labute approximate surface area is 236 Å². The van der Waals surface area contributed by atoms with Crippen molar-refractivity contribution in [2.24, 2.45) is 5.10 Å². The van der Waals surface area contributed by atoms with E-state index >= 15 is 0 Å². The maximum Gasteiger partial charge on any atom is 0.416 e. The summed E-state index contributed by atoms with van der Waals surface area (Å²) in [4.78, 5) is 41.1. The smallest absolute Gasteiger partial charge is 0.385 e. The molecule has 3 amide bonds. The highest BCUT2D eigenvalue weighted by atomic mass is 35.5. The Balaban J connectivity index is 1.87. The van der Waals surface area contributed by atoms with Gasteiger partial charge >= 0.3 is 6.18 Å². The van der Waals surface area contributed by atoms with E-state index in [1.807, 2.05) is 0 Å². The number of amides is 3.